The lowest BCUT2D eigenvalue weighted by Crippen LogP contribution is -2.58. The van der Waals surface area contributed by atoms with E-state index in [0.717, 1.165) is 22.9 Å². The topological polar surface area (TPSA) is 192 Å². The molecule has 1 aromatic carbocycles. The zero-order valence-electron chi connectivity index (χ0n) is 22.9. The van der Waals surface area contributed by atoms with E-state index in [0.29, 0.717) is 25.1 Å². The number of amides is 3. The summed E-state index contributed by atoms with van der Waals surface area (Å²) in [6.07, 6.45) is 5.96. The van der Waals surface area contributed by atoms with Crippen LogP contribution in [-0.4, -0.2) is 76.5 Å². The van der Waals surface area contributed by atoms with E-state index in [-0.39, 0.29) is 18.8 Å². The molecule has 9 N–H and O–H groups in total. The number of carbonyl (C=O) groups excluding carboxylic acids is 3. The lowest BCUT2D eigenvalue weighted by atomic mass is 10.0. The number of carbonyl (C=O) groups is 4. The Morgan fingerprint density at radius 2 is 1.64 bits per heavy atom. The maximum absolute atomic E-state index is 13.6. The van der Waals surface area contributed by atoms with E-state index in [9.17, 15) is 24.3 Å². The maximum atomic E-state index is 13.6. The Kier molecular flexibility index (Phi) is 13.3. The van der Waals surface area contributed by atoms with Gasteiger partial charge in [0.1, 0.15) is 18.1 Å². The van der Waals surface area contributed by atoms with Crippen LogP contribution in [0.1, 0.15) is 45.1 Å². The molecule has 0 fully saturated rings. The number of benzene rings is 1. The van der Waals surface area contributed by atoms with Gasteiger partial charge in [0, 0.05) is 23.5 Å². The summed E-state index contributed by atoms with van der Waals surface area (Å²) in [7, 11) is 0. The van der Waals surface area contributed by atoms with Crippen molar-refractivity contribution in [1.82, 2.24) is 20.9 Å². The van der Waals surface area contributed by atoms with Crippen LogP contribution in [0, 0.1) is 5.92 Å². The van der Waals surface area contributed by atoms with Gasteiger partial charge in [0.2, 0.25) is 17.7 Å². The van der Waals surface area contributed by atoms with Gasteiger partial charge < -0.3 is 37.5 Å². The van der Waals surface area contributed by atoms with Crippen molar-refractivity contribution in [2.75, 3.05) is 18.6 Å². The normalized spacial score (nSPS) is 14.4. The highest BCUT2D eigenvalue weighted by Gasteiger charge is 2.31. The number of carboxylic acid groups (broad SMARTS) is 1. The van der Waals surface area contributed by atoms with Crippen LogP contribution in [0.4, 0.5) is 0 Å². The standard InChI is InChI=1S/C27H42N6O5S/c1-16(2)23(27(37)38)33-25(35)21(11-13-39-3)31-26(36)22(32-24(34)19(29)9-6-7-12-28)14-17-15-30-20-10-5-4-8-18(17)20/h4-5,8,10,15-16,19,21-23,30H,6-7,9,11-14,28-29H2,1-3H3,(H,31,36)(H,32,34)(H,33,35)(H,37,38). The molecule has 216 valence electrons. The minimum atomic E-state index is -1.15. The average molecular weight is 563 g/mol. The highest BCUT2D eigenvalue weighted by atomic mass is 32.2. The summed E-state index contributed by atoms with van der Waals surface area (Å²) in [5.74, 6) is -2.56. The first-order valence-electron chi connectivity index (χ1n) is 13.2. The summed E-state index contributed by atoms with van der Waals surface area (Å²) >= 11 is 1.50. The molecular weight excluding hydrogens is 520 g/mol. The second-order valence-corrected chi connectivity index (χ2v) is 10.9. The van der Waals surface area contributed by atoms with Gasteiger partial charge in [-0.25, -0.2) is 4.79 Å². The highest BCUT2D eigenvalue weighted by Crippen LogP contribution is 2.19. The van der Waals surface area contributed by atoms with Crippen LogP contribution in [0.3, 0.4) is 0 Å². The fourth-order valence-electron chi connectivity index (χ4n) is 4.19. The van der Waals surface area contributed by atoms with E-state index < -0.39 is 47.9 Å². The monoisotopic (exact) mass is 562 g/mol. The molecule has 0 aliphatic rings. The summed E-state index contributed by atoms with van der Waals surface area (Å²) in [4.78, 5) is 54.4. The first-order valence-corrected chi connectivity index (χ1v) is 14.6. The number of thioether (sulfide) groups is 1. The van der Waals surface area contributed by atoms with Crippen molar-refractivity contribution < 1.29 is 24.3 Å². The summed E-state index contributed by atoms with van der Waals surface area (Å²) in [5, 5.41) is 18.5. The number of nitrogens with one attached hydrogen (secondary N) is 4. The number of fused-ring (bicyclic) bond motifs is 1. The molecular formula is C27H42N6O5S. The molecule has 0 radical (unpaired) electrons. The highest BCUT2D eigenvalue weighted by molar-refractivity contribution is 7.98. The molecule has 0 aliphatic heterocycles. The number of unbranched alkanes of at least 4 members (excludes halogenated alkanes) is 1. The molecule has 2 rings (SSSR count). The Hall–Kier alpha value is -3.09. The molecule has 0 aliphatic carbocycles. The van der Waals surface area contributed by atoms with Crippen molar-refractivity contribution in [2.45, 2.75) is 70.1 Å². The number of aromatic nitrogens is 1. The Morgan fingerprint density at radius 3 is 2.28 bits per heavy atom. The van der Waals surface area contributed by atoms with Gasteiger partial charge in [-0.05, 0) is 55.4 Å². The lowest BCUT2D eigenvalue weighted by molar-refractivity contribution is -0.143. The van der Waals surface area contributed by atoms with Crippen LogP contribution in [0.25, 0.3) is 10.9 Å². The largest absolute Gasteiger partial charge is 0.480 e. The van der Waals surface area contributed by atoms with Crippen molar-refractivity contribution in [1.29, 1.82) is 0 Å². The smallest absolute Gasteiger partial charge is 0.326 e. The van der Waals surface area contributed by atoms with Gasteiger partial charge in [-0.15, -0.1) is 0 Å². The van der Waals surface area contributed by atoms with Gasteiger partial charge in [0.15, 0.2) is 0 Å². The Bertz CT molecular complexity index is 1110. The number of carboxylic acids is 1. The van der Waals surface area contributed by atoms with Crippen LogP contribution in [0.2, 0.25) is 0 Å². The zero-order valence-corrected chi connectivity index (χ0v) is 23.7. The quantitative estimate of drug-likeness (QED) is 0.139. The van der Waals surface area contributed by atoms with Crippen molar-refractivity contribution in [3.05, 3.63) is 36.0 Å². The molecule has 0 bridgehead atoms. The minimum absolute atomic E-state index is 0.164. The lowest BCUT2D eigenvalue weighted by Gasteiger charge is -2.26. The molecule has 0 saturated heterocycles. The number of H-pyrrole nitrogens is 1. The molecule has 0 saturated carbocycles. The molecule has 39 heavy (non-hydrogen) atoms. The molecule has 4 unspecified atom stereocenters. The molecule has 1 heterocycles. The second kappa shape index (κ2) is 16.1. The first-order chi connectivity index (χ1) is 18.6. The molecule has 3 amide bonds. The molecule has 2 aromatic rings. The van der Waals surface area contributed by atoms with Gasteiger partial charge in [0.25, 0.3) is 0 Å². The Labute approximate surface area is 233 Å². The molecule has 0 spiro atoms. The summed E-state index contributed by atoms with van der Waals surface area (Å²) in [5.41, 5.74) is 13.3. The van der Waals surface area contributed by atoms with E-state index in [1.165, 1.54) is 11.8 Å². The number of para-hydroxylation sites is 1. The van der Waals surface area contributed by atoms with Crippen molar-refractivity contribution in [3.63, 3.8) is 0 Å². The molecule has 12 heteroatoms. The third-order valence-electron chi connectivity index (χ3n) is 6.51. The van der Waals surface area contributed by atoms with E-state index in [1.54, 1.807) is 20.0 Å². The van der Waals surface area contributed by atoms with Crippen molar-refractivity contribution in [3.8, 4) is 0 Å². The van der Waals surface area contributed by atoms with Gasteiger partial charge in [-0.2, -0.15) is 11.8 Å². The SMILES string of the molecule is CSCCC(NC(=O)C(Cc1c[nH]c2ccccc12)NC(=O)C(N)CCCCN)C(=O)NC(C(=O)O)C(C)C. The van der Waals surface area contributed by atoms with Gasteiger partial charge >= 0.3 is 5.97 Å². The number of hydrogen-bond acceptors (Lipinski definition) is 7. The van der Waals surface area contributed by atoms with Crippen molar-refractivity contribution >= 4 is 46.4 Å². The molecule has 1 aromatic heterocycles. The van der Waals surface area contributed by atoms with Crippen molar-refractivity contribution in [2.24, 2.45) is 17.4 Å². The fraction of sp³-hybridized carbons (Fsp3) is 0.556. The van der Waals surface area contributed by atoms with E-state index in [1.807, 2.05) is 30.5 Å². The predicted molar refractivity (Wildman–Crippen MR) is 154 cm³/mol. The summed E-state index contributed by atoms with van der Waals surface area (Å²) < 4.78 is 0. The first kappa shape index (κ1) is 32.1. The van der Waals surface area contributed by atoms with E-state index in [2.05, 4.69) is 20.9 Å². The van der Waals surface area contributed by atoms with Gasteiger partial charge in [-0.1, -0.05) is 38.5 Å². The second-order valence-electron chi connectivity index (χ2n) is 9.93. The van der Waals surface area contributed by atoms with Crippen LogP contribution in [0.5, 0.6) is 0 Å². The summed E-state index contributed by atoms with van der Waals surface area (Å²) in [6.45, 7) is 3.88. The molecule has 4 atom stereocenters. The minimum Gasteiger partial charge on any atom is -0.480 e. The third kappa shape index (κ3) is 9.86. The van der Waals surface area contributed by atoms with Gasteiger partial charge in [-0.3, -0.25) is 14.4 Å². The van der Waals surface area contributed by atoms with Crippen LogP contribution < -0.4 is 27.4 Å². The maximum Gasteiger partial charge on any atom is 0.326 e. The number of aliphatic carboxylic acids is 1. The van der Waals surface area contributed by atoms with E-state index in [4.69, 9.17) is 11.5 Å². The van der Waals surface area contributed by atoms with Crippen LogP contribution >= 0.6 is 11.8 Å². The van der Waals surface area contributed by atoms with Crippen LogP contribution in [-0.2, 0) is 25.6 Å². The van der Waals surface area contributed by atoms with E-state index >= 15 is 0 Å². The zero-order chi connectivity index (χ0) is 28.9. The number of aromatic amines is 1. The Morgan fingerprint density at radius 1 is 0.974 bits per heavy atom. The van der Waals surface area contributed by atoms with Crippen LogP contribution in [0.15, 0.2) is 30.5 Å². The third-order valence-corrected chi connectivity index (χ3v) is 7.16. The number of rotatable bonds is 17. The summed E-state index contributed by atoms with van der Waals surface area (Å²) in [6, 6.07) is 3.71. The van der Waals surface area contributed by atoms with Gasteiger partial charge in [0.05, 0.1) is 6.04 Å². The Balaban J connectivity index is 2.27. The average Bonchev–Trinajstić information content (AvgIpc) is 3.31. The molecule has 11 nitrogen and oxygen atoms in total. The number of hydrogen-bond donors (Lipinski definition) is 7. The fourth-order valence-corrected chi connectivity index (χ4v) is 4.66. The number of nitrogens with two attached hydrogens (primary N) is 2. The predicted octanol–water partition coefficient (Wildman–Crippen LogP) is 1.11.